The van der Waals surface area contributed by atoms with Crippen LogP contribution in [0.15, 0.2) is 0 Å². The minimum atomic E-state index is 0.0783. The first kappa shape index (κ1) is 13.0. The summed E-state index contributed by atoms with van der Waals surface area (Å²) >= 11 is 0. The predicted octanol–water partition coefficient (Wildman–Crippen LogP) is 3.87. The lowest BCUT2D eigenvalue weighted by Gasteiger charge is -2.33. The largest absolute Gasteiger partial charge is 0.375 e. The second-order valence-corrected chi connectivity index (χ2v) is 4.85. The molecule has 0 saturated carbocycles. The van der Waals surface area contributed by atoms with Crippen LogP contribution in [0.2, 0.25) is 0 Å². The van der Waals surface area contributed by atoms with Gasteiger partial charge >= 0.3 is 0 Å². The zero-order valence-corrected chi connectivity index (χ0v) is 10.2. The maximum Gasteiger partial charge on any atom is 0.0674 e. The fraction of sp³-hybridized carbons (Fsp3) is 1.00. The van der Waals surface area contributed by atoms with E-state index in [-0.39, 0.29) is 5.60 Å². The third kappa shape index (κ3) is 4.66. The Hall–Kier alpha value is -0.0400. The standard InChI is InChI=1S/C12H26O/c1-7-12(6,11(4)5)13-9-8-10(2)3/h10-11H,7-9H2,1-6H3. The molecule has 0 aliphatic rings. The summed E-state index contributed by atoms with van der Waals surface area (Å²) in [6.45, 7) is 14.3. The Balaban J connectivity index is 3.84. The molecule has 1 nitrogen and oxygen atoms in total. The fourth-order valence-corrected chi connectivity index (χ4v) is 1.20. The lowest BCUT2D eigenvalue weighted by molar-refractivity contribution is -0.0702. The van der Waals surface area contributed by atoms with Crippen molar-refractivity contribution in [2.75, 3.05) is 6.61 Å². The summed E-state index contributed by atoms with van der Waals surface area (Å²) in [6.07, 6.45) is 2.27. The van der Waals surface area contributed by atoms with Crippen LogP contribution in [0.3, 0.4) is 0 Å². The van der Waals surface area contributed by atoms with Crippen molar-refractivity contribution in [1.82, 2.24) is 0 Å². The van der Waals surface area contributed by atoms with Crippen LogP contribution in [0.4, 0.5) is 0 Å². The molecule has 0 N–H and O–H groups in total. The molecule has 1 atom stereocenters. The molecule has 0 saturated heterocycles. The predicted molar refractivity (Wildman–Crippen MR) is 58.9 cm³/mol. The van der Waals surface area contributed by atoms with E-state index in [2.05, 4.69) is 41.5 Å². The molecule has 80 valence electrons. The average molecular weight is 186 g/mol. The van der Waals surface area contributed by atoms with Gasteiger partial charge in [0.05, 0.1) is 5.60 Å². The Morgan fingerprint density at radius 1 is 1.15 bits per heavy atom. The molecule has 0 aliphatic carbocycles. The van der Waals surface area contributed by atoms with Gasteiger partial charge in [0.1, 0.15) is 0 Å². The molecular weight excluding hydrogens is 160 g/mol. The summed E-state index contributed by atoms with van der Waals surface area (Å²) in [5.74, 6) is 1.35. The van der Waals surface area contributed by atoms with Crippen LogP contribution in [-0.4, -0.2) is 12.2 Å². The Kier molecular flexibility index (Phi) is 5.62. The maximum absolute atomic E-state index is 5.95. The topological polar surface area (TPSA) is 9.23 Å². The van der Waals surface area contributed by atoms with Crippen LogP contribution in [0, 0.1) is 11.8 Å². The number of hydrogen-bond donors (Lipinski definition) is 0. The van der Waals surface area contributed by atoms with Crippen LogP contribution in [0.5, 0.6) is 0 Å². The normalized spacial score (nSPS) is 16.6. The summed E-state index contributed by atoms with van der Waals surface area (Å²) in [7, 11) is 0. The summed E-state index contributed by atoms with van der Waals surface area (Å²) in [6, 6.07) is 0. The van der Waals surface area contributed by atoms with Gasteiger partial charge in [0, 0.05) is 6.61 Å². The lowest BCUT2D eigenvalue weighted by Crippen LogP contribution is -2.34. The molecule has 13 heavy (non-hydrogen) atoms. The van der Waals surface area contributed by atoms with Gasteiger partial charge in [-0.15, -0.1) is 0 Å². The van der Waals surface area contributed by atoms with Gasteiger partial charge in [-0.3, -0.25) is 0 Å². The summed E-state index contributed by atoms with van der Waals surface area (Å²) in [5, 5.41) is 0. The summed E-state index contributed by atoms with van der Waals surface area (Å²) in [5.41, 5.74) is 0.0783. The molecular formula is C12H26O. The van der Waals surface area contributed by atoms with Crippen molar-refractivity contribution >= 4 is 0 Å². The third-order valence-electron chi connectivity index (χ3n) is 3.05. The second-order valence-electron chi connectivity index (χ2n) is 4.85. The van der Waals surface area contributed by atoms with Crippen LogP contribution in [0.1, 0.15) is 54.4 Å². The van der Waals surface area contributed by atoms with Gasteiger partial charge in [-0.2, -0.15) is 0 Å². The van der Waals surface area contributed by atoms with Crippen molar-refractivity contribution in [2.45, 2.75) is 60.0 Å². The second kappa shape index (κ2) is 5.64. The minimum Gasteiger partial charge on any atom is -0.375 e. The molecule has 0 amide bonds. The minimum absolute atomic E-state index is 0.0783. The van der Waals surface area contributed by atoms with Gasteiger partial charge in [0.2, 0.25) is 0 Å². The van der Waals surface area contributed by atoms with Crippen molar-refractivity contribution in [1.29, 1.82) is 0 Å². The molecule has 0 aromatic carbocycles. The highest BCUT2D eigenvalue weighted by atomic mass is 16.5. The van der Waals surface area contributed by atoms with E-state index in [1.165, 1.54) is 6.42 Å². The van der Waals surface area contributed by atoms with Crippen LogP contribution in [0.25, 0.3) is 0 Å². The highest BCUT2D eigenvalue weighted by Gasteiger charge is 2.26. The van der Waals surface area contributed by atoms with Crippen LogP contribution >= 0.6 is 0 Å². The van der Waals surface area contributed by atoms with E-state index in [9.17, 15) is 0 Å². The maximum atomic E-state index is 5.95. The molecule has 0 fully saturated rings. The molecule has 0 heterocycles. The van der Waals surface area contributed by atoms with E-state index in [4.69, 9.17) is 4.74 Å². The Morgan fingerprint density at radius 3 is 2.00 bits per heavy atom. The zero-order valence-electron chi connectivity index (χ0n) is 10.2. The van der Waals surface area contributed by atoms with E-state index in [0.29, 0.717) is 5.92 Å². The van der Waals surface area contributed by atoms with Crippen LogP contribution in [-0.2, 0) is 4.74 Å². The van der Waals surface area contributed by atoms with Gasteiger partial charge < -0.3 is 4.74 Å². The Labute approximate surface area is 83.9 Å². The van der Waals surface area contributed by atoms with Crippen molar-refractivity contribution in [3.05, 3.63) is 0 Å². The molecule has 0 radical (unpaired) electrons. The van der Waals surface area contributed by atoms with Gasteiger partial charge in [-0.05, 0) is 31.6 Å². The summed E-state index contributed by atoms with van der Waals surface area (Å²) in [4.78, 5) is 0. The van der Waals surface area contributed by atoms with E-state index in [1.807, 2.05) is 0 Å². The molecule has 0 aromatic heterocycles. The number of ether oxygens (including phenoxy) is 1. The van der Waals surface area contributed by atoms with Crippen LogP contribution < -0.4 is 0 Å². The van der Waals surface area contributed by atoms with E-state index < -0.39 is 0 Å². The Morgan fingerprint density at radius 2 is 1.69 bits per heavy atom. The smallest absolute Gasteiger partial charge is 0.0674 e. The number of rotatable bonds is 6. The zero-order chi connectivity index (χ0) is 10.5. The van der Waals surface area contributed by atoms with Crippen molar-refractivity contribution in [2.24, 2.45) is 11.8 Å². The van der Waals surface area contributed by atoms with Crippen molar-refractivity contribution in [3.63, 3.8) is 0 Å². The molecule has 0 rings (SSSR count). The number of hydrogen-bond acceptors (Lipinski definition) is 1. The Bertz CT molecular complexity index is 129. The first-order chi connectivity index (χ1) is 5.92. The molecule has 0 aromatic rings. The SMILES string of the molecule is CCC(C)(OCCC(C)C)C(C)C. The first-order valence-electron chi connectivity index (χ1n) is 5.56. The highest BCUT2D eigenvalue weighted by Crippen LogP contribution is 2.25. The van der Waals surface area contributed by atoms with E-state index >= 15 is 0 Å². The fourth-order valence-electron chi connectivity index (χ4n) is 1.20. The van der Waals surface area contributed by atoms with E-state index in [0.717, 1.165) is 18.9 Å². The third-order valence-corrected chi connectivity index (χ3v) is 3.05. The summed E-state index contributed by atoms with van der Waals surface area (Å²) < 4.78 is 5.95. The van der Waals surface area contributed by atoms with Gasteiger partial charge in [0.25, 0.3) is 0 Å². The van der Waals surface area contributed by atoms with Gasteiger partial charge in [-0.25, -0.2) is 0 Å². The monoisotopic (exact) mass is 186 g/mol. The van der Waals surface area contributed by atoms with E-state index in [1.54, 1.807) is 0 Å². The quantitative estimate of drug-likeness (QED) is 0.612. The lowest BCUT2D eigenvalue weighted by atomic mass is 9.89. The first-order valence-corrected chi connectivity index (χ1v) is 5.56. The average Bonchev–Trinajstić information content (AvgIpc) is 2.03. The molecule has 0 aliphatic heterocycles. The molecule has 1 unspecified atom stereocenters. The van der Waals surface area contributed by atoms with Crippen molar-refractivity contribution in [3.8, 4) is 0 Å². The highest BCUT2D eigenvalue weighted by molar-refractivity contribution is 4.76. The van der Waals surface area contributed by atoms with Gasteiger partial charge in [0.15, 0.2) is 0 Å². The van der Waals surface area contributed by atoms with Gasteiger partial charge in [-0.1, -0.05) is 34.6 Å². The molecule has 1 heteroatoms. The molecule has 0 bridgehead atoms. The van der Waals surface area contributed by atoms with Crippen molar-refractivity contribution < 1.29 is 4.74 Å². The molecule has 0 spiro atoms.